The maximum Gasteiger partial charge on any atom is 0.294 e. The third-order valence-electron chi connectivity index (χ3n) is 2.71. The monoisotopic (exact) mass is 246 g/mol. The van der Waals surface area contributed by atoms with Crippen molar-refractivity contribution < 1.29 is 9.15 Å². The summed E-state index contributed by atoms with van der Waals surface area (Å²) in [7, 11) is 1.80. The second kappa shape index (κ2) is 5.58. The van der Waals surface area contributed by atoms with Gasteiger partial charge in [-0.25, -0.2) is 0 Å². The predicted octanol–water partition coefficient (Wildman–Crippen LogP) is 3.01. The summed E-state index contributed by atoms with van der Waals surface area (Å²) in [6.07, 6.45) is 0.767. The third kappa shape index (κ3) is 2.83. The Labute approximate surface area is 107 Å². The van der Waals surface area contributed by atoms with E-state index in [0.29, 0.717) is 12.6 Å². The summed E-state index contributed by atoms with van der Waals surface area (Å²) in [6, 6.07) is 8.63. The Morgan fingerprint density at radius 2 is 2.00 bits per heavy atom. The molecule has 0 saturated heterocycles. The first-order valence-electron chi connectivity index (χ1n) is 6.08. The first-order chi connectivity index (χ1) is 8.72. The Morgan fingerprint density at radius 1 is 1.28 bits per heavy atom. The van der Waals surface area contributed by atoms with E-state index in [9.17, 15) is 0 Å². The van der Waals surface area contributed by atoms with Crippen LogP contribution in [0.2, 0.25) is 0 Å². The quantitative estimate of drug-likeness (QED) is 0.881. The van der Waals surface area contributed by atoms with Crippen LogP contribution in [-0.2, 0) is 6.42 Å². The van der Waals surface area contributed by atoms with Gasteiger partial charge in [0, 0.05) is 13.5 Å². The molecule has 1 aromatic carbocycles. The van der Waals surface area contributed by atoms with Crippen LogP contribution in [0, 0.1) is 6.92 Å². The van der Waals surface area contributed by atoms with Crippen LogP contribution in [0.4, 0.5) is 6.01 Å². The zero-order valence-corrected chi connectivity index (χ0v) is 11.0. The largest absolute Gasteiger partial charge is 0.494 e. The van der Waals surface area contributed by atoms with Gasteiger partial charge in [-0.05, 0) is 31.5 Å². The minimum Gasteiger partial charge on any atom is -0.494 e. The first-order valence-corrected chi connectivity index (χ1v) is 6.08. The summed E-state index contributed by atoms with van der Waals surface area (Å²) in [5.74, 6) is 1.75. The fourth-order valence-electron chi connectivity index (χ4n) is 1.76. The molecule has 1 aromatic heterocycles. The SMILES string of the molecule is CCOc1ccc(Cc2nc(NC)oc2C)cc1. The molecular formula is C14H18N2O2. The van der Waals surface area contributed by atoms with Crippen LogP contribution in [0.15, 0.2) is 28.7 Å². The van der Waals surface area contributed by atoms with Gasteiger partial charge in [0.1, 0.15) is 11.5 Å². The molecule has 1 N–H and O–H groups in total. The van der Waals surface area contributed by atoms with Crippen molar-refractivity contribution in [2.24, 2.45) is 0 Å². The summed E-state index contributed by atoms with van der Waals surface area (Å²) in [5, 5.41) is 2.90. The molecule has 0 amide bonds. The fraction of sp³-hybridized carbons (Fsp3) is 0.357. The standard InChI is InChI=1S/C14H18N2O2/c1-4-17-12-7-5-11(6-8-12)9-13-10(2)18-14(15-3)16-13/h5-8H,4,9H2,1-3H3,(H,15,16). The Hall–Kier alpha value is -1.97. The smallest absolute Gasteiger partial charge is 0.294 e. The number of anilines is 1. The highest BCUT2D eigenvalue weighted by molar-refractivity contribution is 5.32. The van der Waals surface area contributed by atoms with Crippen molar-refractivity contribution in [2.75, 3.05) is 19.0 Å². The Balaban J connectivity index is 2.10. The number of aryl methyl sites for hydroxylation is 1. The van der Waals surface area contributed by atoms with E-state index >= 15 is 0 Å². The predicted molar refractivity (Wildman–Crippen MR) is 71.2 cm³/mol. The van der Waals surface area contributed by atoms with Gasteiger partial charge in [-0.15, -0.1) is 0 Å². The molecule has 0 unspecified atom stereocenters. The van der Waals surface area contributed by atoms with Crippen LogP contribution in [0.3, 0.4) is 0 Å². The van der Waals surface area contributed by atoms with E-state index in [4.69, 9.17) is 9.15 Å². The third-order valence-corrected chi connectivity index (χ3v) is 2.71. The Kier molecular flexibility index (Phi) is 3.87. The van der Waals surface area contributed by atoms with E-state index in [1.165, 1.54) is 5.56 Å². The molecule has 0 aliphatic carbocycles. The van der Waals surface area contributed by atoms with Gasteiger partial charge in [-0.2, -0.15) is 4.98 Å². The van der Waals surface area contributed by atoms with Crippen molar-refractivity contribution in [3.8, 4) is 5.75 Å². The lowest BCUT2D eigenvalue weighted by atomic mass is 10.1. The molecule has 0 bridgehead atoms. The summed E-state index contributed by atoms with van der Waals surface area (Å²) in [6.45, 7) is 4.59. The number of benzene rings is 1. The van der Waals surface area contributed by atoms with Gasteiger partial charge in [-0.1, -0.05) is 12.1 Å². The molecule has 4 heteroatoms. The highest BCUT2D eigenvalue weighted by atomic mass is 16.5. The highest BCUT2D eigenvalue weighted by Crippen LogP contribution is 2.19. The number of hydrogen-bond acceptors (Lipinski definition) is 4. The Bertz CT molecular complexity index is 503. The summed E-state index contributed by atoms with van der Waals surface area (Å²) in [4.78, 5) is 4.37. The average molecular weight is 246 g/mol. The zero-order chi connectivity index (χ0) is 13.0. The summed E-state index contributed by atoms with van der Waals surface area (Å²) in [5.41, 5.74) is 2.15. The van der Waals surface area contributed by atoms with Crippen molar-refractivity contribution in [3.05, 3.63) is 41.3 Å². The second-order valence-electron chi connectivity index (χ2n) is 4.03. The molecule has 0 spiro atoms. The highest BCUT2D eigenvalue weighted by Gasteiger charge is 2.09. The summed E-state index contributed by atoms with van der Waals surface area (Å²) < 4.78 is 10.9. The molecule has 0 saturated carbocycles. The number of nitrogens with zero attached hydrogens (tertiary/aromatic N) is 1. The number of rotatable bonds is 5. The van der Waals surface area contributed by atoms with Crippen LogP contribution in [0.5, 0.6) is 5.75 Å². The van der Waals surface area contributed by atoms with Crippen molar-refractivity contribution in [2.45, 2.75) is 20.3 Å². The molecule has 2 aromatic rings. The number of oxazole rings is 1. The molecule has 0 aliphatic rings. The molecule has 96 valence electrons. The number of ether oxygens (including phenoxy) is 1. The van der Waals surface area contributed by atoms with E-state index < -0.39 is 0 Å². The fourth-order valence-corrected chi connectivity index (χ4v) is 1.76. The molecule has 18 heavy (non-hydrogen) atoms. The first kappa shape index (κ1) is 12.5. The molecule has 4 nitrogen and oxygen atoms in total. The molecule has 0 aliphatic heterocycles. The van der Waals surface area contributed by atoms with Crippen LogP contribution in [0.25, 0.3) is 0 Å². The van der Waals surface area contributed by atoms with E-state index in [1.54, 1.807) is 7.05 Å². The van der Waals surface area contributed by atoms with Gasteiger partial charge >= 0.3 is 0 Å². The van der Waals surface area contributed by atoms with Crippen molar-refractivity contribution in [1.82, 2.24) is 4.98 Å². The number of nitrogens with one attached hydrogen (secondary N) is 1. The normalized spacial score (nSPS) is 10.4. The summed E-state index contributed by atoms with van der Waals surface area (Å²) >= 11 is 0. The average Bonchev–Trinajstić information content (AvgIpc) is 2.73. The lowest BCUT2D eigenvalue weighted by Gasteiger charge is -2.04. The molecule has 2 rings (SSSR count). The molecular weight excluding hydrogens is 228 g/mol. The zero-order valence-electron chi connectivity index (χ0n) is 11.0. The topological polar surface area (TPSA) is 47.3 Å². The van der Waals surface area contributed by atoms with Gasteiger partial charge in [0.15, 0.2) is 0 Å². The van der Waals surface area contributed by atoms with Crippen LogP contribution >= 0.6 is 0 Å². The van der Waals surface area contributed by atoms with Gasteiger partial charge in [-0.3, -0.25) is 0 Å². The lowest BCUT2D eigenvalue weighted by molar-refractivity contribution is 0.340. The number of aromatic nitrogens is 1. The van der Waals surface area contributed by atoms with Crippen molar-refractivity contribution in [1.29, 1.82) is 0 Å². The van der Waals surface area contributed by atoms with E-state index in [1.807, 2.05) is 26.0 Å². The minimum atomic E-state index is 0.563. The molecule has 0 radical (unpaired) electrons. The second-order valence-corrected chi connectivity index (χ2v) is 4.03. The van der Waals surface area contributed by atoms with E-state index in [0.717, 1.165) is 23.6 Å². The van der Waals surface area contributed by atoms with Gasteiger partial charge in [0.05, 0.1) is 12.3 Å². The van der Waals surface area contributed by atoms with Crippen LogP contribution in [-0.4, -0.2) is 18.6 Å². The van der Waals surface area contributed by atoms with E-state index in [-0.39, 0.29) is 0 Å². The minimum absolute atomic E-state index is 0.563. The maximum atomic E-state index is 5.45. The maximum absolute atomic E-state index is 5.45. The lowest BCUT2D eigenvalue weighted by Crippen LogP contribution is -1.94. The van der Waals surface area contributed by atoms with Gasteiger partial charge in [0.25, 0.3) is 6.01 Å². The van der Waals surface area contributed by atoms with Crippen LogP contribution in [0.1, 0.15) is 23.9 Å². The van der Waals surface area contributed by atoms with Gasteiger partial charge < -0.3 is 14.5 Å². The van der Waals surface area contributed by atoms with E-state index in [2.05, 4.69) is 22.4 Å². The Morgan fingerprint density at radius 3 is 2.56 bits per heavy atom. The number of hydrogen-bond donors (Lipinski definition) is 1. The van der Waals surface area contributed by atoms with Crippen molar-refractivity contribution >= 4 is 6.01 Å². The molecule has 1 heterocycles. The van der Waals surface area contributed by atoms with Crippen LogP contribution < -0.4 is 10.1 Å². The van der Waals surface area contributed by atoms with Crippen molar-refractivity contribution in [3.63, 3.8) is 0 Å². The molecule has 0 atom stereocenters. The van der Waals surface area contributed by atoms with Gasteiger partial charge in [0.2, 0.25) is 0 Å². The molecule has 0 fully saturated rings.